The Kier molecular flexibility index (Phi) is 5.38. The molecule has 8 heteroatoms. The van der Waals surface area contributed by atoms with Crippen molar-refractivity contribution in [3.05, 3.63) is 94.5 Å². The number of nitrogens with one attached hydrogen (secondary N) is 3. The highest BCUT2D eigenvalue weighted by Gasteiger charge is 2.18. The van der Waals surface area contributed by atoms with Crippen LogP contribution in [-0.2, 0) is 6.42 Å². The van der Waals surface area contributed by atoms with Gasteiger partial charge in [-0.1, -0.05) is 25.1 Å². The number of carbonyl (C=O) groups is 1. The highest BCUT2D eigenvalue weighted by atomic mass is 16.1. The van der Waals surface area contributed by atoms with E-state index in [1.807, 2.05) is 61.5 Å². The van der Waals surface area contributed by atoms with E-state index in [9.17, 15) is 9.59 Å². The van der Waals surface area contributed by atoms with Gasteiger partial charge < -0.3 is 10.6 Å². The third-order valence-corrected chi connectivity index (χ3v) is 4.54. The second-order valence-electron chi connectivity index (χ2n) is 6.57. The second kappa shape index (κ2) is 8.44. The fourth-order valence-electron chi connectivity index (χ4n) is 3.08. The van der Waals surface area contributed by atoms with Gasteiger partial charge in [0.25, 0.3) is 11.5 Å². The zero-order valence-electron chi connectivity index (χ0n) is 16.3. The Morgan fingerprint density at radius 2 is 1.67 bits per heavy atom. The van der Waals surface area contributed by atoms with Crippen molar-refractivity contribution < 1.29 is 4.79 Å². The lowest BCUT2D eigenvalue weighted by atomic mass is 10.2. The van der Waals surface area contributed by atoms with Crippen LogP contribution < -0.4 is 16.2 Å². The lowest BCUT2D eigenvalue weighted by Crippen LogP contribution is -2.15. The van der Waals surface area contributed by atoms with Crippen LogP contribution >= 0.6 is 0 Å². The van der Waals surface area contributed by atoms with Crippen molar-refractivity contribution in [1.29, 1.82) is 0 Å². The molecule has 0 atom stereocenters. The predicted molar refractivity (Wildman–Crippen MR) is 115 cm³/mol. The quantitative estimate of drug-likeness (QED) is 0.459. The highest BCUT2D eigenvalue weighted by Crippen LogP contribution is 2.20. The summed E-state index contributed by atoms with van der Waals surface area (Å²) in [6.45, 7) is 1.93. The summed E-state index contributed by atoms with van der Waals surface area (Å²) < 4.78 is 1.55. The van der Waals surface area contributed by atoms with Gasteiger partial charge in [0.2, 0.25) is 0 Å². The average Bonchev–Trinajstić information content (AvgIpc) is 3.21. The van der Waals surface area contributed by atoms with Gasteiger partial charge in [0.05, 0.1) is 17.5 Å². The Labute approximate surface area is 172 Å². The molecule has 0 aliphatic heterocycles. The maximum Gasteiger partial charge on any atom is 0.264 e. The first-order chi connectivity index (χ1) is 14.6. The van der Waals surface area contributed by atoms with Crippen LogP contribution in [0, 0.1) is 0 Å². The SMILES string of the molecule is CCc1c(C(=O)Nc2ccc(Nc3ccccc3)cc2)cnn1-c1ccc(=O)[nH]n1. The van der Waals surface area contributed by atoms with Crippen LogP contribution in [0.5, 0.6) is 0 Å². The molecular weight excluding hydrogens is 380 g/mol. The highest BCUT2D eigenvalue weighted by molar-refractivity contribution is 6.05. The molecule has 2 heterocycles. The van der Waals surface area contributed by atoms with Gasteiger partial charge in [-0.3, -0.25) is 9.59 Å². The standard InChI is InChI=1S/C22H20N6O2/c1-2-19-18(14-23-28(19)20-12-13-21(29)27-26-20)22(30)25-17-10-8-16(9-11-17)24-15-6-4-3-5-7-15/h3-14,24H,2H2,1H3,(H,25,30)(H,27,29). The third-order valence-electron chi connectivity index (χ3n) is 4.54. The van der Waals surface area contributed by atoms with Crippen molar-refractivity contribution in [3.8, 4) is 5.82 Å². The number of aromatic nitrogens is 4. The predicted octanol–water partition coefficient (Wildman–Crippen LogP) is 3.51. The molecule has 0 saturated carbocycles. The van der Waals surface area contributed by atoms with Crippen molar-refractivity contribution in [3.63, 3.8) is 0 Å². The van der Waals surface area contributed by atoms with Gasteiger partial charge in [-0.05, 0) is 48.9 Å². The lowest BCUT2D eigenvalue weighted by Gasteiger charge is -2.09. The van der Waals surface area contributed by atoms with E-state index in [1.54, 1.807) is 10.7 Å². The van der Waals surface area contributed by atoms with Crippen molar-refractivity contribution in [2.45, 2.75) is 13.3 Å². The minimum absolute atomic E-state index is 0.258. The smallest absolute Gasteiger partial charge is 0.264 e. The van der Waals surface area contributed by atoms with E-state index in [4.69, 9.17) is 0 Å². The number of anilines is 3. The molecule has 0 fully saturated rings. The first-order valence-electron chi connectivity index (χ1n) is 9.50. The van der Waals surface area contributed by atoms with Crippen LogP contribution in [0.3, 0.4) is 0 Å². The molecule has 0 unspecified atom stereocenters. The molecule has 0 bridgehead atoms. The van der Waals surface area contributed by atoms with E-state index in [0.29, 0.717) is 29.2 Å². The van der Waals surface area contributed by atoms with Gasteiger partial charge in [0, 0.05) is 23.1 Å². The summed E-state index contributed by atoms with van der Waals surface area (Å²) in [4.78, 5) is 24.0. The fraction of sp³-hybridized carbons (Fsp3) is 0.0909. The van der Waals surface area contributed by atoms with Gasteiger partial charge in [-0.2, -0.15) is 10.2 Å². The van der Waals surface area contributed by atoms with Crippen molar-refractivity contribution in [2.75, 3.05) is 10.6 Å². The van der Waals surface area contributed by atoms with Crippen LogP contribution in [0.2, 0.25) is 0 Å². The van der Waals surface area contributed by atoms with E-state index in [0.717, 1.165) is 11.4 Å². The Bertz CT molecular complexity index is 1190. The van der Waals surface area contributed by atoms with Gasteiger partial charge in [-0.15, -0.1) is 0 Å². The molecular formula is C22H20N6O2. The van der Waals surface area contributed by atoms with Crippen LogP contribution in [0.1, 0.15) is 23.0 Å². The average molecular weight is 400 g/mol. The number of hydrogen-bond donors (Lipinski definition) is 3. The molecule has 0 spiro atoms. The summed E-state index contributed by atoms with van der Waals surface area (Å²) in [7, 11) is 0. The Morgan fingerprint density at radius 1 is 0.967 bits per heavy atom. The summed E-state index contributed by atoms with van der Waals surface area (Å²) in [6, 6.07) is 20.3. The largest absolute Gasteiger partial charge is 0.356 e. The molecule has 4 rings (SSSR count). The lowest BCUT2D eigenvalue weighted by molar-refractivity contribution is 0.102. The Hall–Kier alpha value is -4.20. The fourth-order valence-corrected chi connectivity index (χ4v) is 3.08. The summed E-state index contributed by atoms with van der Waals surface area (Å²) >= 11 is 0. The summed E-state index contributed by atoms with van der Waals surface area (Å²) in [5, 5.41) is 16.8. The van der Waals surface area contributed by atoms with Crippen LogP contribution in [-0.4, -0.2) is 25.9 Å². The topological polar surface area (TPSA) is 105 Å². The van der Waals surface area contributed by atoms with E-state index in [2.05, 4.69) is 25.9 Å². The number of amides is 1. The molecule has 0 aliphatic carbocycles. The van der Waals surface area contributed by atoms with Gasteiger partial charge in [0.1, 0.15) is 0 Å². The number of aromatic amines is 1. The molecule has 0 saturated heterocycles. The molecule has 2 aromatic carbocycles. The number of hydrogen-bond acceptors (Lipinski definition) is 5. The number of nitrogens with zero attached hydrogens (tertiary/aromatic N) is 3. The molecule has 30 heavy (non-hydrogen) atoms. The van der Waals surface area contributed by atoms with E-state index < -0.39 is 0 Å². The number of rotatable bonds is 6. The van der Waals surface area contributed by atoms with Gasteiger partial charge in [-0.25, -0.2) is 9.78 Å². The molecule has 0 aliphatic rings. The normalized spacial score (nSPS) is 10.6. The number of para-hydroxylation sites is 1. The zero-order valence-corrected chi connectivity index (χ0v) is 16.3. The molecule has 8 nitrogen and oxygen atoms in total. The van der Waals surface area contributed by atoms with Crippen LogP contribution in [0.4, 0.5) is 17.1 Å². The zero-order chi connectivity index (χ0) is 20.9. The van der Waals surface area contributed by atoms with Crippen LogP contribution in [0.25, 0.3) is 5.82 Å². The van der Waals surface area contributed by atoms with Gasteiger partial charge in [0.15, 0.2) is 5.82 Å². The van der Waals surface area contributed by atoms with E-state index in [-0.39, 0.29) is 11.5 Å². The summed E-state index contributed by atoms with van der Waals surface area (Å²) in [5.74, 6) is 0.188. The Balaban J connectivity index is 1.50. The monoisotopic (exact) mass is 400 g/mol. The Morgan fingerprint density at radius 3 is 2.33 bits per heavy atom. The molecule has 1 amide bonds. The number of carbonyl (C=O) groups excluding carboxylic acids is 1. The summed E-state index contributed by atoms with van der Waals surface area (Å²) in [5.41, 5.74) is 3.45. The molecule has 2 aromatic heterocycles. The minimum atomic E-state index is -0.299. The van der Waals surface area contributed by atoms with Gasteiger partial charge >= 0.3 is 0 Å². The molecule has 150 valence electrons. The van der Waals surface area contributed by atoms with Crippen LogP contribution in [0.15, 0.2) is 77.7 Å². The molecule has 4 aromatic rings. The molecule has 3 N–H and O–H groups in total. The van der Waals surface area contributed by atoms with Crippen molar-refractivity contribution in [2.24, 2.45) is 0 Å². The van der Waals surface area contributed by atoms with E-state index >= 15 is 0 Å². The van der Waals surface area contributed by atoms with E-state index in [1.165, 1.54) is 12.3 Å². The first-order valence-corrected chi connectivity index (χ1v) is 9.50. The first kappa shape index (κ1) is 19.1. The number of H-pyrrole nitrogens is 1. The minimum Gasteiger partial charge on any atom is -0.356 e. The van der Waals surface area contributed by atoms with Crippen molar-refractivity contribution >= 4 is 23.0 Å². The van der Waals surface area contributed by atoms with Crippen molar-refractivity contribution in [1.82, 2.24) is 20.0 Å². The second-order valence-corrected chi connectivity index (χ2v) is 6.57. The molecule has 0 radical (unpaired) electrons. The number of benzene rings is 2. The maximum absolute atomic E-state index is 12.8. The third kappa shape index (κ3) is 4.12. The maximum atomic E-state index is 12.8. The summed E-state index contributed by atoms with van der Waals surface area (Å²) in [6.07, 6.45) is 2.08.